The minimum absolute atomic E-state index is 0.229. The summed E-state index contributed by atoms with van der Waals surface area (Å²) in [4.78, 5) is 35.7. The van der Waals surface area contributed by atoms with Crippen LogP contribution in [0.1, 0.15) is 63.1 Å². The molecule has 2 aromatic heterocycles. The molecule has 0 bridgehead atoms. The van der Waals surface area contributed by atoms with E-state index in [1.807, 2.05) is 18.2 Å². The van der Waals surface area contributed by atoms with Gasteiger partial charge in [-0.1, -0.05) is 6.07 Å². The van der Waals surface area contributed by atoms with Crippen molar-refractivity contribution in [3.8, 4) is 5.75 Å². The molecule has 4 aromatic rings. The molecule has 8 nitrogen and oxygen atoms in total. The standard InChI is InChI=1S/C33H35N5O3/c1-19(2)37-17-24-29(31-27(18-38(20(3)39)33(31)40)34-25-9-8-10-28(37)30(24)25)23-15-21-11-12-22(41-4)16-26(21)35-32(23)36-13-6-5-7-14-36/h8-12,15-17,19,29,34H,5-7,13-14,18H2,1-4H3/t29-/m1/s1. The minimum atomic E-state index is -0.392. The molecule has 1 saturated heterocycles. The van der Waals surface area contributed by atoms with Crippen LogP contribution >= 0.6 is 0 Å². The average Bonchev–Trinajstić information content (AvgIpc) is 3.48. The topological polar surface area (TPSA) is 79.7 Å². The summed E-state index contributed by atoms with van der Waals surface area (Å²) in [6.07, 6.45) is 5.62. The van der Waals surface area contributed by atoms with Crippen LogP contribution in [0.15, 0.2) is 59.9 Å². The Morgan fingerprint density at radius 2 is 1.88 bits per heavy atom. The van der Waals surface area contributed by atoms with Gasteiger partial charge >= 0.3 is 0 Å². The normalized spacial score (nSPS) is 18.8. The molecule has 8 heteroatoms. The molecular formula is C33H35N5O3. The molecule has 0 saturated carbocycles. The van der Waals surface area contributed by atoms with E-state index in [1.165, 1.54) is 18.2 Å². The molecule has 2 amide bonds. The minimum Gasteiger partial charge on any atom is -0.497 e. The molecule has 1 N–H and O–H groups in total. The summed E-state index contributed by atoms with van der Waals surface area (Å²) in [6, 6.07) is 14.7. The van der Waals surface area contributed by atoms with Crippen molar-refractivity contribution in [3.05, 3.63) is 71.1 Å². The molecule has 0 radical (unpaired) electrons. The van der Waals surface area contributed by atoms with Crippen LogP contribution in [-0.4, -0.2) is 53.0 Å². The highest BCUT2D eigenvalue weighted by Crippen LogP contribution is 2.49. The zero-order chi connectivity index (χ0) is 28.4. The van der Waals surface area contributed by atoms with Crippen LogP contribution in [0.3, 0.4) is 0 Å². The van der Waals surface area contributed by atoms with E-state index in [0.29, 0.717) is 5.57 Å². The fraction of sp³-hybridized carbons (Fsp3) is 0.364. The zero-order valence-electron chi connectivity index (χ0n) is 24.0. The highest BCUT2D eigenvalue weighted by molar-refractivity contribution is 6.11. The van der Waals surface area contributed by atoms with Crippen LogP contribution < -0.4 is 15.0 Å². The van der Waals surface area contributed by atoms with Crippen molar-refractivity contribution in [2.75, 3.05) is 37.0 Å². The Kier molecular flexibility index (Phi) is 6.03. The number of nitrogens with zero attached hydrogens (tertiary/aromatic N) is 4. The highest BCUT2D eigenvalue weighted by Gasteiger charge is 2.43. The maximum atomic E-state index is 14.1. The second kappa shape index (κ2) is 9.65. The Morgan fingerprint density at radius 1 is 1.07 bits per heavy atom. The van der Waals surface area contributed by atoms with Gasteiger partial charge in [-0.05, 0) is 69.0 Å². The number of carbonyl (C=O) groups is 2. The van der Waals surface area contributed by atoms with Gasteiger partial charge in [-0.25, -0.2) is 4.98 Å². The molecule has 7 rings (SSSR count). The number of pyridine rings is 1. The van der Waals surface area contributed by atoms with Crippen molar-refractivity contribution in [1.29, 1.82) is 0 Å². The van der Waals surface area contributed by atoms with Gasteiger partial charge in [0.1, 0.15) is 11.6 Å². The fourth-order valence-corrected chi connectivity index (χ4v) is 6.83. The molecule has 0 aliphatic carbocycles. The molecule has 0 spiro atoms. The van der Waals surface area contributed by atoms with Crippen LogP contribution in [0.2, 0.25) is 0 Å². The van der Waals surface area contributed by atoms with E-state index in [1.54, 1.807) is 7.11 Å². The molecular weight excluding hydrogens is 514 g/mol. The lowest BCUT2D eigenvalue weighted by Crippen LogP contribution is -2.34. The van der Waals surface area contributed by atoms with E-state index in [2.05, 4.69) is 59.1 Å². The first-order valence-corrected chi connectivity index (χ1v) is 14.5. The van der Waals surface area contributed by atoms with Gasteiger partial charge in [0.05, 0.1) is 30.3 Å². The molecule has 41 heavy (non-hydrogen) atoms. The fourth-order valence-electron chi connectivity index (χ4n) is 6.83. The van der Waals surface area contributed by atoms with Crippen molar-refractivity contribution in [3.63, 3.8) is 0 Å². The summed E-state index contributed by atoms with van der Waals surface area (Å²) in [6.45, 7) is 7.89. The Bertz CT molecular complexity index is 1760. The predicted octanol–water partition coefficient (Wildman–Crippen LogP) is 5.97. The van der Waals surface area contributed by atoms with Gasteiger partial charge in [-0.3, -0.25) is 14.5 Å². The summed E-state index contributed by atoms with van der Waals surface area (Å²) in [5.41, 5.74) is 6.43. The first-order valence-electron chi connectivity index (χ1n) is 14.5. The van der Waals surface area contributed by atoms with E-state index < -0.39 is 5.92 Å². The summed E-state index contributed by atoms with van der Waals surface area (Å²) >= 11 is 0. The Labute approximate surface area is 239 Å². The SMILES string of the molecule is COc1ccc2cc([C@H]3C4=C(CN(C(C)=O)C4=O)Nc4cccc5c4c3cn5C(C)C)c(N3CCCCC3)nc2c1. The number of aromatic nitrogens is 2. The lowest BCUT2D eigenvalue weighted by atomic mass is 9.83. The van der Waals surface area contributed by atoms with E-state index >= 15 is 0 Å². The van der Waals surface area contributed by atoms with Crippen LogP contribution in [0.25, 0.3) is 21.8 Å². The molecule has 3 aliphatic rings. The van der Waals surface area contributed by atoms with Crippen molar-refractivity contribution < 1.29 is 14.3 Å². The largest absolute Gasteiger partial charge is 0.497 e. The van der Waals surface area contributed by atoms with Gasteiger partial charge in [0.25, 0.3) is 5.91 Å². The number of carbonyl (C=O) groups excluding carboxylic acids is 2. The van der Waals surface area contributed by atoms with E-state index in [0.717, 1.165) is 81.8 Å². The number of hydrogen-bond acceptors (Lipinski definition) is 6. The van der Waals surface area contributed by atoms with Crippen LogP contribution in [-0.2, 0) is 9.59 Å². The van der Waals surface area contributed by atoms with Crippen LogP contribution in [0.5, 0.6) is 5.75 Å². The van der Waals surface area contributed by atoms with Crippen LogP contribution in [0, 0.1) is 0 Å². The molecule has 3 aliphatic heterocycles. The lowest BCUT2D eigenvalue weighted by Gasteiger charge is -2.32. The van der Waals surface area contributed by atoms with E-state index in [9.17, 15) is 9.59 Å². The maximum absolute atomic E-state index is 14.1. The number of anilines is 2. The second-order valence-electron chi connectivity index (χ2n) is 11.7. The quantitative estimate of drug-likeness (QED) is 0.338. The lowest BCUT2D eigenvalue weighted by molar-refractivity contribution is -0.139. The van der Waals surface area contributed by atoms with Gasteiger partial charge < -0.3 is 19.5 Å². The smallest absolute Gasteiger partial charge is 0.259 e. The van der Waals surface area contributed by atoms with Crippen molar-refractivity contribution in [2.24, 2.45) is 0 Å². The molecule has 5 heterocycles. The molecule has 1 fully saturated rings. The number of hydrogen-bond donors (Lipinski definition) is 1. The number of nitrogens with one attached hydrogen (secondary N) is 1. The first kappa shape index (κ1) is 25.6. The number of methoxy groups -OCH3 is 1. The molecule has 210 valence electrons. The summed E-state index contributed by atoms with van der Waals surface area (Å²) in [5.74, 6) is 0.792. The Hall–Kier alpha value is -4.33. The van der Waals surface area contributed by atoms with Crippen molar-refractivity contribution in [1.82, 2.24) is 14.5 Å². The second-order valence-corrected chi connectivity index (χ2v) is 11.7. The Morgan fingerprint density at radius 3 is 2.61 bits per heavy atom. The van der Waals surface area contributed by atoms with E-state index in [4.69, 9.17) is 9.72 Å². The monoisotopic (exact) mass is 549 g/mol. The van der Waals surface area contributed by atoms with Crippen molar-refractivity contribution >= 4 is 45.1 Å². The number of benzene rings is 2. The number of rotatable bonds is 4. The van der Waals surface area contributed by atoms with Gasteiger partial charge in [-0.15, -0.1) is 0 Å². The van der Waals surface area contributed by atoms with Crippen molar-refractivity contribution in [2.45, 2.75) is 52.0 Å². The molecule has 2 aromatic carbocycles. The first-order chi connectivity index (χ1) is 19.9. The Balaban J connectivity index is 1.55. The number of ether oxygens (including phenoxy) is 1. The third kappa shape index (κ3) is 3.99. The number of amides is 2. The van der Waals surface area contributed by atoms with Gasteiger partial charge in [0.15, 0.2) is 0 Å². The third-order valence-corrected chi connectivity index (χ3v) is 8.83. The van der Waals surface area contributed by atoms with Crippen LogP contribution in [0.4, 0.5) is 11.5 Å². The summed E-state index contributed by atoms with van der Waals surface area (Å²) < 4.78 is 7.81. The maximum Gasteiger partial charge on any atom is 0.259 e. The van der Waals surface area contributed by atoms with Gasteiger partial charge in [0.2, 0.25) is 5.91 Å². The molecule has 1 atom stereocenters. The van der Waals surface area contributed by atoms with E-state index in [-0.39, 0.29) is 24.4 Å². The number of imide groups is 1. The van der Waals surface area contributed by atoms with Gasteiger partial charge in [-0.2, -0.15) is 0 Å². The highest BCUT2D eigenvalue weighted by atomic mass is 16.5. The summed E-state index contributed by atoms with van der Waals surface area (Å²) in [7, 11) is 1.67. The predicted molar refractivity (Wildman–Crippen MR) is 162 cm³/mol. The molecule has 0 unspecified atom stereocenters. The summed E-state index contributed by atoms with van der Waals surface area (Å²) in [5, 5.41) is 5.71. The number of fused-ring (bicyclic) bond motifs is 1. The number of piperidine rings is 1. The average molecular weight is 550 g/mol. The zero-order valence-corrected chi connectivity index (χ0v) is 24.0. The van der Waals surface area contributed by atoms with Gasteiger partial charge in [0, 0.05) is 72.0 Å². The third-order valence-electron chi connectivity index (χ3n) is 8.83.